The first-order valence-corrected chi connectivity index (χ1v) is 11.6. The van der Waals surface area contributed by atoms with Gasteiger partial charge in [0.1, 0.15) is 13.2 Å². The number of unbranched alkanes of at least 4 members (excludes halogenated alkanes) is 4. The highest BCUT2D eigenvalue weighted by Gasteiger charge is 2.28. The average molecular weight is 403 g/mol. The summed E-state index contributed by atoms with van der Waals surface area (Å²) in [6.45, 7) is 8.84. The van der Waals surface area contributed by atoms with Gasteiger partial charge in [0.05, 0.1) is 0 Å². The Labute approximate surface area is 176 Å². The highest BCUT2D eigenvalue weighted by atomic mass is 16.6. The number of nitrogens with zero attached hydrogens (tertiary/aromatic N) is 1. The number of carbonyl (C=O) groups is 1. The molecule has 1 fully saturated rings. The first-order chi connectivity index (χ1) is 14.2. The van der Waals surface area contributed by atoms with E-state index in [0.717, 1.165) is 50.4 Å². The first-order valence-electron chi connectivity index (χ1n) is 11.6. The van der Waals surface area contributed by atoms with E-state index in [2.05, 4.69) is 36.2 Å². The van der Waals surface area contributed by atoms with Gasteiger partial charge in [-0.2, -0.15) is 0 Å². The molecule has 0 bridgehead atoms. The smallest absolute Gasteiger partial charge is 0.220 e. The van der Waals surface area contributed by atoms with Gasteiger partial charge in [0.25, 0.3) is 0 Å². The van der Waals surface area contributed by atoms with Crippen LogP contribution in [0.2, 0.25) is 0 Å². The van der Waals surface area contributed by atoms with Gasteiger partial charge >= 0.3 is 0 Å². The molecule has 1 saturated heterocycles. The lowest BCUT2D eigenvalue weighted by Crippen LogP contribution is -2.50. The number of amides is 1. The summed E-state index contributed by atoms with van der Waals surface area (Å²) in [5, 5.41) is 3.38. The van der Waals surface area contributed by atoms with Crippen LogP contribution in [0.4, 0.5) is 0 Å². The average Bonchev–Trinajstić information content (AvgIpc) is 2.70. The molecule has 2 atom stereocenters. The number of hydrogen-bond donors (Lipinski definition) is 1. The maximum atomic E-state index is 12.7. The molecule has 1 amide bonds. The molecule has 1 aromatic rings. The topological polar surface area (TPSA) is 50.8 Å². The summed E-state index contributed by atoms with van der Waals surface area (Å²) in [6.07, 6.45) is 8.75. The SMILES string of the molecule is CCCCCCCC(=O)N[C@H](CN1CCC1)C(CC)c1ccc2c(c1)OCCO2. The van der Waals surface area contributed by atoms with Crippen LogP contribution in [0.5, 0.6) is 11.5 Å². The number of carbonyl (C=O) groups excluding carboxylic acids is 1. The summed E-state index contributed by atoms with van der Waals surface area (Å²) in [6, 6.07) is 6.40. The zero-order chi connectivity index (χ0) is 20.5. The molecule has 0 radical (unpaired) electrons. The monoisotopic (exact) mass is 402 g/mol. The lowest BCUT2D eigenvalue weighted by Gasteiger charge is -2.37. The van der Waals surface area contributed by atoms with Crippen molar-refractivity contribution in [3.8, 4) is 11.5 Å². The minimum Gasteiger partial charge on any atom is -0.486 e. The summed E-state index contributed by atoms with van der Waals surface area (Å²) >= 11 is 0. The fourth-order valence-corrected chi connectivity index (χ4v) is 4.33. The number of ether oxygens (including phenoxy) is 2. The number of rotatable bonds is 12. The van der Waals surface area contributed by atoms with Crippen LogP contribution >= 0.6 is 0 Å². The normalized spacial score (nSPS) is 18.0. The minimum absolute atomic E-state index is 0.131. The van der Waals surface area contributed by atoms with Gasteiger partial charge in [0, 0.05) is 24.9 Å². The molecule has 0 spiro atoms. The summed E-state index contributed by atoms with van der Waals surface area (Å²) in [7, 11) is 0. The van der Waals surface area contributed by atoms with Gasteiger partial charge in [-0.15, -0.1) is 0 Å². The molecule has 2 heterocycles. The molecule has 2 aliphatic rings. The van der Waals surface area contributed by atoms with Crippen LogP contribution in [-0.2, 0) is 4.79 Å². The summed E-state index contributed by atoms with van der Waals surface area (Å²) < 4.78 is 11.5. The summed E-state index contributed by atoms with van der Waals surface area (Å²) in [5.41, 5.74) is 1.23. The van der Waals surface area contributed by atoms with Crippen molar-refractivity contribution in [3.05, 3.63) is 23.8 Å². The molecule has 3 rings (SSSR count). The minimum atomic E-state index is 0.131. The van der Waals surface area contributed by atoms with Crippen molar-refractivity contribution >= 4 is 5.91 Å². The number of fused-ring (bicyclic) bond motifs is 1. The molecule has 0 saturated carbocycles. The van der Waals surface area contributed by atoms with E-state index in [0.29, 0.717) is 19.6 Å². The fourth-order valence-electron chi connectivity index (χ4n) is 4.33. The summed E-state index contributed by atoms with van der Waals surface area (Å²) in [4.78, 5) is 15.1. The van der Waals surface area contributed by atoms with Gasteiger partial charge in [-0.3, -0.25) is 4.79 Å². The van der Waals surface area contributed by atoms with Crippen LogP contribution in [0.15, 0.2) is 18.2 Å². The first kappa shape index (κ1) is 21.9. The van der Waals surface area contributed by atoms with Gasteiger partial charge in [-0.25, -0.2) is 0 Å². The van der Waals surface area contributed by atoms with Crippen LogP contribution in [0.3, 0.4) is 0 Å². The van der Waals surface area contributed by atoms with Crippen LogP contribution in [-0.4, -0.2) is 49.7 Å². The lowest BCUT2D eigenvalue weighted by atomic mass is 9.87. The molecule has 2 aliphatic heterocycles. The van der Waals surface area contributed by atoms with E-state index in [4.69, 9.17) is 9.47 Å². The van der Waals surface area contributed by atoms with E-state index in [9.17, 15) is 4.79 Å². The lowest BCUT2D eigenvalue weighted by molar-refractivity contribution is -0.122. The Balaban J connectivity index is 1.64. The molecule has 1 aromatic carbocycles. The van der Waals surface area contributed by atoms with E-state index in [1.165, 1.54) is 31.2 Å². The molecule has 162 valence electrons. The Morgan fingerprint density at radius 3 is 2.52 bits per heavy atom. The third-order valence-corrected chi connectivity index (χ3v) is 6.18. The van der Waals surface area contributed by atoms with E-state index >= 15 is 0 Å². The third-order valence-electron chi connectivity index (χ3n) is 6.18. The Kier molecular flexibility index (Phi) is 8.66. The van der Waals surface area contributed by atoms with Crippen molar-refractivity contribution in [1.29, 1.82) is 0 Å². The molecular formula is C24H38N2O3. The number of nitrogens with one attached hydrogen (secondary N) is 1. The van der Waals surface area contributed by atoms with E-state index < -0.39 is 0 Å². The van der Waals surface area contributed by atoms with Crippen molar-refractivity contribution in [2.24, 2.45) is 0 Å². The Morgan fingerprint density at radius 2 is 1.83 bits per heavy atom. The van der Waals surface area contributed by atoms with Crippen molar-refractivity contribution in [1.82, 2.24) is 10.2 Å². The second-order valence-electron chi connectivity index (χ2n) is 8.41. The van der Waals surface area contributed by atoms with Gasteiger partial charge in [0.15, 0.2) is 11.5 Å². The van der Waals surface area contributed by atoms with Crippen LogP contribution in [0.1, 0.15) is 76.7 Å². The van der Waals surface area contributed by atoms with Crippen LogP contribution < -0.4 is 14.8 Å². The fraction of sp³-hybridized carbons (Fsp3) is 0.708. The summed E-state index contributed by atoms with van der Waals surface area (Å²) in [5.74, 6) is 2.13. The predicted octanol–water partition coefficient (Wildman–Crippen LogP) is 4.50. The van der Waals surface area contributed by atoms with Crippen molar-refractivity contribution < 1.29 is 14.3 Å². The second-order valence-corrected chi connectivity index (χ2v) is 8.41. The highest BCUT2D eigenvalue weighted by Crippen LogP contribution is 2.35. The number of hydrogen-bond acceptors (Lipinski definition) is 4. The van der Waals surface area contributed by atoms with Crippen molar-refractivity contribution in [2.75, 3.05) is 32.8 Å². The number of benzene rings is 1. The highest BCUT2D eigenvalue weighted by molar-refractivity contribution is 5.76. The molecule has 29 heavy (non-hydrogen) atoms. The molecule has 1 unspecified atom stereocenters. The van der Waals surface area contributed by atoms with Gasteiger partial charge in [-0.1, -0.05) is 45.6 Å². The van der Waals surface area contributed by atoms with Crippen molar-refractivity contribution in [3.63, 3.8) is 0 Å². The molecule has 5 heteroatoms. The van der Waals surface area contributed by atoms with Gasteiger partial charge < -0.3 is 19.7 Å². The molecule has 0 aliphatic carbocycles. The zero-order valence-corrected chi connectivity index (χ0v) is 18.3. The standard InChI is InChI=1S/C24H38N2O3/c1-3-5-6-7-8-10-24(27)25-21(18-26-13-9-14-26)20(4-2)19-11-12-22-23(17-19)29-16-15-28-22/h11-12,17,20-21H,3-10,13-16,18H2,1-2H3,(H,25,27)/t20?,21-/m1/s1. The van der Waals surface area contributed by atoms with E-state index in [1.54, 1.807) is 0 Å². The Morgan fingerprint density at radius 1 is 1.07 bits per heavy atom. The van der Waals surface area contributed by atoms with E-state index in [1.807, 2.05) is 6.07 Å². The zero-order valence-electron chi connectivity index (χ0n) is 18.3. The van der Waals surface area contributed by atoms with Crippen LogP contribution in [0.25, 0.3) is 0 Å². The third kappa shape index (κ3) is 6.36. The second kappa shape index (κ2) is 11.4. The molecule has 0 aromatic heterocycles. The number of likely N-dealkylation sites (tertiary alicyclic amines) is 1. The Hall–Kier alpha value is -1.75. The molecular weight excluding hydrogens is 364 g/mol. The maximum Gasteiger partial charge on any atom is 0.220 e. The van der Waals surface area contributed by atoms with Crippen LogP contribution in [0, 0.1) is 0 Å². The molecule has 1 N–H and O–H groups in total. The largest absolute Gasteiger partial charge is 0.486 e. The van der Waals surface area contributed by atoms with Gasteiger partial charge in [-0.05, 0) is 50.0 Å². The Bertz CT molecular complexity index is 645. The van der Waals surface area contributed by atoms with E-state index in [-0.39, 0.29) is 17.9 Å². The predicted molar refractivity (Wildman–Crippen MR) is 117 cm³/mol. The van der Waals surface area contributed by atoms with Crippen molar-refractivity contribution in [2.45, 2.75) is 77.2 Å². The maximum absolute atomic E-state index is 12.7. The molecule has 5 nitrogen and oxygen atoms in total. The quantitative estimate of drug-likeness (QED) is 0.523. The van der Waals surface area contributed by atoms with Gasteiger partial charge in [0.2, 0.25) is 5.91 Å².